The largest absolute Gasteiger partial charge is 0.454 e. The molecule has 2 atom stereocenters. The van der Waals surface area contributed by atoms with Gasteiger partial charge in [-0.1, -0.05) is 29.8 Å². The topological polar surface area (TPSA) is 64.2 Å². The lowest BCUT2D eigenvalue weighted by Gasteiger charge is -2.16. The van der Waals surface area contributed by atoms with Crippen LogP contribution in [0.3, 0.4) is 0 Å². The second kappa shape index (κ2) is 7.76. The quantitative estimate of drug-likeness (QED) is 0.831. The fourth-order valence-electron chi connectivity index (χ4n) is 2.75. The third-order valence-corrected chi connectivity index (χ3v) is 4.58. The number of nitrogens with two attached hydrogens (primary N) is 1. The van der Waals surface area contributed by atoms with E-state index in [1.807, 2.05) is 54.7 Å². The molecule has 0 fully saturated rings. The van der Waals surface area contributed by atoms with E-state index in [2.05, 4.69) is 12.2 Å². The Hall–Kier alpha value is -2.24. The van der Waals surface area contributed by atoms with Gasteiger partial charge in [-0.2, -0.15) is 0 Å². The van der Waals surface area contributed by atoms with Crippen molar-refractivity contribution in [3.8, 4) is 11.5 Å². The van der Waals surface area contributed by atoms with E-state index in [4.69, 9.17) is 21.1 Å². The van der Waals surface area contributed by atoms with Crippen molar-refractivity contribution >= 4 is 17.5 Å². The van der Waals surface area contributed by atoms with Crippen LogP contribution in [0.15, 0.2) is 42.5 Å². The average Bonchev–Trinajstić information content (AvgIpc) is 3.08. The lowest BCUT2D eigenvalue weighted by atomic mass is 10.1. The number of halogens is 1. The maximum Gasteiger partial charge on any atom is 0.275 e. The Bertz CT molecular complexity index is 749. The van der Waals surface area contributed by atoms with E-state index in [0.717, 1.165) is 22.6 Å². The zero-order valence-electron chi connectivity index (χ0n) is 14.3. The number of nitrogens with one attached hydrogen (secondary N) is 1. The Kier molecular flexibility index (Phi) is 5.46. The number of rotatable bonds is 6. The van der Waals surface area contributed by atoms with E-state index in [0.29, 0.717) is 11.6 Å². The van der Waals surface area contributed by atoms with Crippen molar-refractivity contribution < 1.29 is 19.6 Å². The molecule has 2 aromatic rings. The van der Waals surface area contributed by atoms with Gasteiger partial charge in [0.1, 0.15) is 6.04 Å². The monoisotopic (exact) mass is 361 g/mol. The Morgan fingerprint density at radius 2 is 1.80 bits per heavy atom. The molecule has 25 heavy (non-hydrogen) atoms. The molecule has 0 bridgehead atoms. The molecule has 0 spiro atoms. The molecule has 0 unspecified atom stereocenters. The van der Waals surface area contributed by atoms with E-state index < -0.39 is 0 Å². The predicted molar refractivity (Wildman–Crippen MR) is 95.8 cm³/mol. The molecular formula is C19H22ClN2O3+. The molecule has 2 aromatic carbocycles. The minimum absolute atomic E-state index is 0.00835. The van der Waals surface area contributed by atoms with Crippen LogP contribution in [0.1, 0.15) is 37.1 Å². The maximum absolute atomic E-state index is 12.2. The van der Waals surface area contributed by atoms with Crippen LogP contribution in [-0.2, 0) is 4.79 Å². The van der Waals surface area contributed by atoms with Crippen LogP contribution in [0.4, 0.5) is 0 Å². The Labute approximate surface area is 152 Å². The molecule has 0 radical (unpaired) electrons. The van der Waals surface area contributed by atoms with Crippen molar-refractivity contribution in [2.24, 2.45) is 0 Å². The first-order chi connectivity index (χ1) is 12.0. The SMILES string of the molecule is C[C@@H](NC(=O)C[NH2+][C@H](C)c1ccc(Cl)cc1)c1ccc2c(c1)OCO2. The van der Waals surface area contributed by atoms with Crippen molar-refractivity contribution in [3.63, 3.8) is 0 Å². The lowest BCUT2D eigenvalue weighted by Crippen LogP contribution is -2.87. The molecule has 5 nitrogen and oxygen atoms in total. The second-order valence-corrected chi connectivity index (χ2v) is 6.62. The van der Waals surface area contributed by atoms with Crippen LogP contribution in [0, 0.1) is 0 Å². The highest BCUT2D eigenvalue weighted by molar-refractivity contribution is 6.30. The van der Waals surface area contributed by atoms with Crippen LogP contribution in [0.5, 0.6) is 11.5 Å². The van der Waals surface area contributed by atoms with Crippen molar-refractivity contribution in [3.05, 3.63) is 58.6 Å². The van der Waals surface area contributed by atoms with E-state index in [9.17, 15) is 4.79 Å². The maximum atomic E-state index is 12.2. The van der Waals surface area contributed by atoms with Crippen LogP contribution in [-0.4, -0.2) is 19.2 Å². The molecule has 6 heteroatoms. The van der Waals surface area contributed by atoms with Gasteiger partial charge in [-0.25, -0.2) is 0 Å². The fourth-order valence-corrected chi connectivity index (χ4v) is 2.88. The summed E-state index contributed by atoms with van der Waals surface area (Å²) in [6, 6.07) is 13.5. The molecule has 3 rings (SSSR count). The van der Waals surface area contributed by atoms with Gasteiger partial charge in [0, 0.05) is 10.6 Å². The molecule has 0 aliphatic carbocycles. The Morgan fingerprint density at radius 3 is 2.56 bits per heavy atom. The highest BCUT2D eigenvalue weighted by atomic mass is 35.5. The van der Waals surface area contributed by atoms with E-state index in [-0.39, 0.29) is 24.8 Å². The number of quaternary nitrogens is 1. The van der Waals surface area contributed by atoms with Crippen LogP contribution < -0.4 is 20.1 Å². The normalized spacial score (nSPS) is 14.8. The minimum atomic E-state index is -0.0961. The summed E-state index contributed by atoms with van der Waals surface area (Å²) >= 11 is 5.90. The molecule has 132 valence electrons. The first-order valence-electron chi connectivity index (χ1n) is 8.30. The fraction of sp³-hybridized carbons (Fsp3) is 0.316. The summed E-state index contributed by atoms with van der Waals surface area (Å²) in [5.41, 5.74) is 2.13. The van der Waals surface area contributed by atoms with Crippen molar-refractivity contribution in [1.82, 2.24) is 5.32 Å². The van der Waals surface area contributed by atoms with Gasteiger partial charge in [0.05, 0.1) is 6.04 Å². The highest BCUT2D eigenvalue weighted by Crippen LogP contribution is 2.34. The third-order valence-electron chi connectivity index (χ3n) is 4.33. The van der Waals surface area contributed by atoms with Crippen LogP contribution in [0.25, 0.3) is 0 Å². The Balaban J connectivity index is 1.51. The number of carbonyl (C=O) groups is 1. The molecular weight excluding hydrogens is 340 g/mol. The summed E-state index contributed by atoms with van der Waals surface area (Å²) in [4.78, 5) is 12.2. The van der Waals surface area contributed by atoms with Crippen molar-refractivity contribution in [2.75, 3.05) is 13.3 Å². The van der Waals surface area contributed by atoms with Gasteiger partial charge in [0.25, 0.3) is 5.91 Å². The zero-order valence-corrected chi connectivity index (χ0v) is 15.0. The predicted octanol–water partition coefficient (Wildman–Crippen LogP) is 2.57. The molecule has 0 saturated carbocycles. The van der Waals surface area contributed by atoms with Gasteiger partial charge in [0.15, 0.2) is 18.0 Å². The summed E-state index contributed by atoms with van der Waals surface area (Å²) in [5, 5.41) is 5.73. The molecule has 0 aromatic heterocycles. The summed E-state index contributed by atoms with van der Waals surface area (Å²) in [6.07, 6.45) is 0. The van der Waals surface area contributed by atoms with Crippen LogP contribution in [0.2, 0.25) is 5.02 Å². The molecule has 0 saturated heterocycles. The number of benzene rings is 2. The van der Waals surface area contributed by atoms with Crippen molar-refractivity contribution in [1.29, 1.82) is 0 Å². The smallest absolute Gasteiger partial charge is 0.275 e. The molecule has 3 N–H and O–H groups in total. The second-order valence-electron chi connectivity index (χ2n) is 6.18. The molecule has 1 amide bonds. The van der Waals surface area contributed by atoms with Gasteiger partial charge in [-0.3, -0.25) is 4.79 Å². The van der Waals surface area contributed by atoms with E-state index in [1.54, 1.807) is 0 Å². The number of carbonyl (C=O) groups excluding carboxylic acids is 1. The zero-order chi connectivity index (χ0) is 17.8. The highest BCUT2D eigenvalue weighted by Gasteiger charge is 2.18. The number of amides is 1. The summed E-state index contributed by atoms with van der Waals surface area (Å²) in [6.45, 7) is 4.63. The number of ether oxygens (including phenoxy) is 2. The standard InChI is InChI=1S/C19H21ClN2O3/c1-12(14-3-6-16(20)7-4-14)21-10-19(23)22-13(2)15-5-8-17-18(9-15)25-11-24-17/h3-9,12-13,21H,10-11H2,1-2H3,(H,22,23)/p+1/t12-,13-/m1/s1. The number of hydrogen-bond donors (Lipinski definition) is 2. The number of hydrogen-bond acceptors (Lipinski definition) is 3. The molecule has 1 aliphatic rings. The summed E-state index contributed by atoms with van der Waals surface area (Å²) in [7, 11) is 0. The van der Waals surface area contributed by atoms with Crippen LogP contribution >= 0.6 is 11.6 Å². The van der Waals surface area contributed by atoms with Gasteiger partial charge in [-0.15, -0.1) is 0 Å². The summed E-state index contributed by atoms with van der Waals surface area (Å²) < 4.78 is 10.7. The third kappa shape index (κ3) is 4.44. The summed E-state index contributed by atoms with van der Waals surface area (Å²) in [5.74, 6) is 1.46. The van der Waals surface area contributed by atoms with Gasteiger partial charge < -0.3 is 20.1 Å². The minimum Gasteiger partial charge on any atom is -0.454 e. The lowest BCUT2D eigenvalue weighted by molar-refractivity contribution is -0.682. The van der Waals surface area contributed by atoms with Crippen molar-refractivity contribution in [2.45, 2.75) is 25.9 Å². The molecule has 1 heterocycles. The first-order valence-corrected chi connectivity index (χ1v) is 8.68. The van der Waals surface area contributed by atoms with E-state index in [1.165, 1.54) is 0 Å². The van der Waals surface area contributed by atoms with Gasteiger partial charge in [0.2, 0.25) is 6.79 Å². The molecule has 1 aliphatic heterocycles. The number of fused-ring (bicyclic) bond motifs is 1. The average molecular weight is 362 g/mol. The Morgan fingerprint density at radius 1 is 1.12 bits per heavy atom. The van der Waals surface area contributed by atoms with E-state index >= 15 is 0 Å². The van der Waals surface area contributed by atoms with Gasteiger partial charge in [-0.05, 0) is 43.7 Å². The van der Waals surface area contributed by atoms with Gasteiger partial charge >= 0.3 is 0 Å². The first kappa shape index (κ1) is 17.6.